The molecule has 7 heteroatoms. The van der Waals surface area contributed by atoms with E-state index in [-0.39, 0.29) is 24.4 Å². The van der Waals surface area contributed by atoms with Gasteiger partial charge in [-0.2, -0.15) is 0 Å². The van der Waals surface area contributed by atoms with E-state index in [1.54, 1.807) is 20.8 Å². The molecule has 2 rings (SSSR count). The molecule has 0 spiro atoms. The number of amides is 1. The fraction of sp³-hybridized carbons (Fsp3) is 0.720. The zero-order valence-corrected chi connectivity index (χ0v) is 22.0. The smallest absolute Gasteiger partial charge is 0.444 e. The number of nitrogens with two attached hydrogens (primary N) is 1. The minimum absolute atomic E-state index is 0.106. The van der Waals surface area contributed by atoms with Gasteiger partial charge in [0.1, 0.15) is 5.60 Å². The molecule has 1 aromatic carbocycles. The summed E-state index contributed by atoms with van der Waals surface area (Å²) >= 11 is 0. The monoisotopic (exact) mass is 449 g/mol. The van der Waals surface area contributed by atoms with E-state index >= 15 is 0 Å². The SMILES string of the molecule is CC(C)(C)OC(N)=O.Cc1cc(C(C)OCCC(C)C)ccc1B1OC(C)(C)C(C)(C)O1. The van der Waals surface area contributed by atoms with Crippen LogP contribution in [-0.2, 0) is 18.8 Å². The van der Waals surface area contributed by atoms with Gasteiger partial charge in [0, 0.05) is 6.61 Å². The highest BCUT2D eigenvalue weighted by molar-refractivity contribution is 6.62. The lowest BCUT2D eigenvalue weighted by atomic mass is 9.75. The van der Waals surface area contributed by atoms with Crippen molar-refractivity contribution >= 4 is 18.7 Å². The first-order valence-electron chi connectivity index (χ1n) is 11.5. The van der Waals surface area contributed by atoms with Crippen LogP contribution >= 0.6 is 0 Å². The van der Waals surface area contributed by atoms with Crippen molar-refractivity contribution in [2.45, 2.75) is 105 Å². The Labute approximate surface area is 195 Å². The van der Waals surface area contributed by atoms with Gasteiger partial charge in [-0.05, 0) is 85.7 Å². The maximum absolute atomic E-state index is 10.0. The van der Waals surface area contributed by atoms with Crippen molar-refractivity contribution < 1.29 is 23.6 Å². The van der Waals surface area contributed by atoms with Crippen LogP contribution in [0.25, 0.3) is 0 Å². The van der Waals surface area contributed by atoms with Gasteiger partial charge in [0.25, 0.3) is 0 Å². The maximum Gasteiger partial charge on any atom is 0.495 e. The predicted octanol–water partition coefficient (Wildman–Crippen LogP) is 5.30. The molecule has 0 bridgehead atoms. The molecule has 1 amide bonds. The largest absolute Gasteiger partial charge is 0.495 e. The van der Waals surface area contributed by atoms with E-state index in [2.05, 4.69) is 78.3 Å². The van der Waals surface area contributed by atoms with Gasteiger partial charge in [0.05, 0.1) is 17.3 Å². The van der Waals surface area contributed by atoms with Crippen LogP contribution in [-0.4, -0.2) is 36.6 Å². The highest BCUT2D eigenvalue weighted by Crippen LogP contribution is 2.36. The average molecular weight is 449 g/mol. The summed E-state index contributed by atoms with van der Waals surface area (Å²) in [5, 5.41) is 0. The van der Waals surface area contributed by atoms with Crippen molar-refractivity contribution in [3.8, 4) is 0 Å². The normalized spacial score (nSPS) is 18.2. The predicted molar refractivity (Wildman–Crippen MR) is 131 cm³/mol. The van der Waals surface area contributed by atoms with E-state index < -0.39 is 11.7 Å². The van der Waals surface area contributed by atoms with E-state index in [0.29, 0.717) is 5.92 Å². The zero-order chi connectivity index (χ0) is 24.9. The molecular formula is C25H44BNO5. The van der Waals surface area contributed by atoms with Gasteiger partial charge in [-0.3, -0.25) is 0 Å². The Morgan fingerprint density at radius 1 is 1.09 bits per heavy atom. The Kier molecular flexibility index (Phi) is 9.82. The first-order valence-corrected chi connectivity index (χ1v) is 11.5. The Morgan fingerprint density at radius 2 is 1.62 bits per heavy atom. The van der Waals surface area contributed by atoms with Gasteiger partial charge in [0.2, 0.25) is 0 Å². The number of ether oxygens (including phenoxy) is 2. The second-order valence-corrected chi connectivity index (χ2v) is 10.9. The van der Waals surface area contributed by atoms with Crippen LogP contribution in [0.2, 0.25) is 0 Å². The Morgan fingerprint density at radius 3 is 2.00 bits per heavy atom. The summed E-state index contributed by atoms with van der Waals surface area (Å²) in [4.78, 5) is 10.0. The van der Waals surface area contributed by atoms with E-state index in [1.165, 1.54) is 11.1 Å². The van der Waals surface area contributed by atoms with Crippen molar-refractivity contribution in [2.24, 2.45) is 11.7 Å². The summed E-state index contributed by atoms with van der Waals surface area (Å²) < 4.78 is 22.9. The van der Waals surface area contributed by atoms with Crippen LogP contribution in [0.3, 0.4) is 0 Å². The van der Waals surface area contributed by atoms with E-state index in [9.17, 15) is 4.79 Å². The summed E-state index contributed by atoms with van der Waals surface area (Å²) in [7, 11) is -0.304. The van der Waals surface area contributed by atoms with E-state index in [1.807, 2.05) is 0 Å². The number of primary amides is 1. The third kappa shape index (κ3) is 8.76. The molecule has 0 aromatic heterocycles. The fourth-order valence-electron chi connectivity index (χ4n) is 3.06. The summed E-state index contributed by atoms with van der Waals surface area (Å²) in [5.41, 5.74) is 7.14. The summed E-state index contributed by atoms with van der Waals surface area (Å²) in [6.07, 6.45) is 0.474. The minimum atomic E-state index is -0.725. The second-order valence-electron chi connectivity index (χ2n) is 10.9. The van der Waals surface area contributed by atoms with E-state index in [4.69, 9.17) is 19.8 Å². The molecule has 1 atom stereocenters. The van der Waals surface area contributed by atoms with Crippen LogP contribution in [0, 0.1) is 12.8 Å². The molecule has 1 unspecified atom stereocenters. The van der Waals surface area contributed by atoms with Crippen molar-refractivity contribution in [1.29, 1.82) is 0 Å². The fourth-order valence-corrected chi connectivity index (χ4v) is 3.06. The van der Waals surface area contributed by atoms with Crippen LogP contribution in [0.5, 0.6) is 0 Å². The standard InChI is InChI=1S/C20H33BO3.C5H11NO2/c1-14(2)11-12-22-16(4)17-9-10-18(15(3)13-17)21-23-19(5,6)20(7,8)24-21;1-5(2,3)8-4(6)7/h9-10,13-14,16H,11-12H2,1-8H3;1-3H3,(H2,6,7). The second kappa shape index (κ2) is 11.0. The number of rotatable bonds is 6. The number of hydrogen-bond acceptors (Lipinski definition) is 5. The molecule has 182 valence electrons. The number of hydrogen-bond donors (Lipinski definition) is 1. The van der Waals surface area contributed by atoms with Gasteiger partial charge >= 0.3 is 13.2 Å². The molecule has 1 fully saturated rings. The molecule has 1 aliphatic heterocycles. The van der Waals surface area contributed by atoms with Crippen molar-refractivity contribution in [3.05, 3.63) is 29.3 Å². The zero-order valence-electron chi connectivity index (χ0n) is 22.0. The Bertz CT molecular complexity index is 739. The third-order valence-corrected chi connectivity index (χ3v) is 5.74. The molecule has 1 heterocycles. The topological polar surface area (TPSA) is 80.0 Å². The lowest BCUT2D eigenvalue weighted by Gasteiger charge is -2.32. The highest BCUT2D eigenvalue weighted by Gasteiger charge is 2.52. The average Bonchev–Trinajstić information content (AvgIpc) is 2.80. The molecule has 6 nitrogen and oxygen atoms in total. The number of benzene rings is 1. The van der Waals surface area contributed by atoms with Gasteiger partial charge in [0.15, 0.2) is 0 Å². The van der Waals surface area contributed by atoms with E-state index in [0.717, 1.165) is 18.5 Å². The van der Waals surface area contributed by atoms with Gasteiger partial charge in [-0.25, -0.2) is 4.79 Å². The molecule has 0 radical (unpaired) electrons. The Hall–Kier alpha value is -1.57. The van der Waals surface area contributed by atoms with Crippen LogP contribution in [0.4, 0.5) is 4.79 Å². The van der Waals surface area contributed by atoms with Gasteiger partial charge < -0.3 is 24.5 Å². The molecule has 32 heavy (non-hydrogen) atoms. The lowest BCUT2D eigenvalue weighted by molar-refractivity contribution is 0.00578. The number of aryl methyl sites for hydroxylation is 1. The van der Waals surface area contributed by atoms with Crippen molar-refractivity contribution in [1.82, 2.24) is 0 Å². The molecule has 0 saturated carbocycles. The molecule has 1 aliphatic rings. The van der Waals surface area contributed by atoms with Crippen LogP contribution < -0.4 is 11.2 Å². The summed E-state index contributed by atoms with van der Waals surface area (Å²) in [6.45, 7) is 23.1. The number of carbonyl (C=O) groups excluding carboxylic acids is 1. The molecule has 0 aliphatic carbocycles. The van der Waals surface area contributed by atoms with Crippen molar-refractivity contribution in [3.63, 3.8) is 0 Å². The van der Waals surface area contributed by atoms with Crippen LogP contribution in [0.1, 0.15) is 92.9 Å². The number of carbonyl (C=O) groups is 1. The maximum atomic E-state index is 10.0. The highest BCUT2D eigenvalue weighted by atomic mass is 16.7. The van der Waals surface area contributed by atoms with Crippen LogP contribution in [0.15, 0.2) is 18.2 Å². The molecule has 1 saturated heterocycles. The quantitative estimate of drug-likeness (QED) is 0.597. The first-order chi connectivity index (χ1) is 14.4. The van der Waals surface area contributed by atoms with Gasteiger partial charge in [-0.1, -0.05) is 37.6 Å². The first kappa shape index (κ1) is 28.5. The Balaban J connectivity index is 0.000000547. The van der Waals surface area contributed by atoms with Gasteiger partial charge in [-0.15, -0.1) is 0 Å². The molecule has 2 N–H and O–H groups in total. The minimum Gasteiger partial charge on any atom is -0.444 e. The van der Waals surface area contributed by atoms with Crippen molar-refractivity contribution in [2.75, 3.05) is 6.61 Å². The lowest BCUT2D eigenvalue weighted by Crippen LogP contribution is -2.41. The summed E-state index contributed by atoms with van der Waals surface area (Å²) in [5.74, 6) is 0.671. The molecular weight excluding hydrogens is 405 g/mol. The molecule has 1 aromatic rings. The third-order valence-electron chi connectivity index (χ3n) is 5.74. The summed E-state index contributed by atoms with van der Waals surface area (Å²) in [6, 6.07) is 6.45.